The second-order valence-corrected chi connectivity index (χ2v) is 7.64. The summed E-state index contributed by atoms with van der Waals surface area (Å²) in [6, 6.07) is 15.4. The van der Waals surface area contributed by atoms with Gasteiger partial charge in [0.15, 0.2) is 0 Å². The van der Waals surface area contributed by atoms with Gasteiger partial charge in [-0.05, 0) is 49.4 Å². The van der Waals surface area contributed by atoms with E-state index in [1.54, 1.807) is 0 Å². The number of carbonyl (C=O) groups is 2. The molecule has 3 rings (SSSR count). The zero-order valence-electron chi connectivity index (χ0n) is 18.0. The Kier molecular flexibility index (Phi) is 7.41. The SMILES string of the molecule is CCCCOCCCN1C(=O)C(Nc2cc(C)ccc2C)=C(c2ccccc2)C1=O. The average molecular weight is 407 g/mol. The molecule has 0 aliphatic carbocycles. The highest BCUT2D eigenvalue weighted by molar-refractivity contribution is 6.36. The fraction of sp³-hybridized carbons (Fsp3) is 0.360. The Morgan fingerprint density at radius 2 is 1.67 bits per heavy atom. The van der Waals surface area contributed by atoms with E-state index < -0.39 is 0 Å². The van der Waals surface area contributed by atoms with Crippen molar-refractivity contribution in [3.05, 3.63) is 70.9 Å². The number of hydrogen-bond donors (Lipinski definition) is 1. The minimum atomic E-state index is -0.284. The number of anilines is 1. The number of amides is 2. The van der Waals surface area contributed by atoms with E-state index in [9.17, 15) is 9.59 Å². The molecule has 1 heterocycles. The van der Waals surface area contributed by atoms with Gasteiger partial charge in [0.25, 0.3) is 11.8 Å². The van der Waals surface area contributed by atoms with Crippen LogP contribution in [-0.4, -0.2) is 36.5 Å². The Bertz CT molecular complexity index is 935. The summed E-state index contributed by atoms with van der Waals surface area (Å²) in [5, 5.41) is 3.26. The number of imide groups is 1. The van der Waals surface area contributed by atoms with Crippen molar-refractivity contribution in [2.24, 2.45) is 0 Å². The second-order valence-electron chi connectivity index (χ2n) is 7.64. The predicted molar refractivity (Wildman–Crippen MR) is 120 cm³/mol. The number of ether oxygens (including phenoxy) is 1. The van der Waals surface area contributed by atoms with Crippen LogP contribution in [-0.2, 0) is 14.3 Å². The summed E-state index contributed by atoms with van der Waals surface area (Å²) >= 11 is 0. The van der Waals surface area contributed by atoms with Crippen molar-refractivity contribution in [1.29, 1.82) is 0 Å². The van der Waals surface area contributed by atoms with E-state index in [2.05, 4.69) is 12.2 Å². The fourth-order valence-corrected chi connectivity index (χ4v) is 3.45. The first kappa shape index (κ1) is 21.8. The first-order chi connectivity index (χ1) is 14.5. The lowest BCUT2D eigenvalue weighted by Gasteiger charge is -2.16. The number of rotatable bonds is 10. The number of aryl methyl sites for hydroxylation is 2. The van der Waals surface area contributed by atoms with Gasteiger partial charge in [-0.2, -0.15) is 0 Å². The first-order valence-electron chi connectivity index (χ1n) is 10.6. The molecule has 0 saturated carbocycles. The van der Waals surface area contributed by atoms with Crippen molar-refractivity contribution in [3.63, 3.8) is 0 Å². The predicted octanol–water partition coefficient (Wildman–Crippen LogP) is 4.70. The zero-order valence-corrected chi connectivity index (χ0v) is 18.0. The third kappa shape index (κ3) is 4.97. The molecule has 2 aromatic rings. The molecule has 0 fully saturated rings. The summed E-state index contributed by atoms with van der Waals surface area (Å²) in [7, 11) is 0. The standard InChI is InChI=1S/C25H30N2O3/c1-4-5-15-30-16-9-14-27-24(28)22(20-10-7-6-8-11-20)23(25(27)29)26-21-17-18(2)12-13-19(21)3/h6-8,10-13,17,26H,4-5,9,14-16H2,1-3H3. The van der Waals surface area contributed by atoms with Gasteiger partial charge in [-0.3, -0.25) is 14.5 Å². The van der Waals surface area contributed by atoms with Crippen LogP contribution in [0.3, 0.4) is 0 Å². The molecule has 2 aromatic carbocycles. The third-order valence-corrected chi connectivity index (χ3v) is 5.20. The second kappa shape index (κ2) is 10.2. The minimum absolute atomic E-state index is 0.257. The van der Waals surface area contributed by atoms with Gasteiger partial charge in [-0.25, -0.2) is 0 Å². The van der Waals surface area contributed by atoms with E-state index in [-0.39, 0.29) is 11.8 Å². The lowest BCUT2D eigenvalue weighted by atomic mass is 10.0. The van der Waals surface area contributed by atoms with Gasteiger partial charge in [0, 0.05) is 25.4 Å². The molecule has 0 radical (unpaired) electrons. The molecule has 5 heteroatoms. The molecule has 30 heavy (non-hydrogen) atoms. The van der Waals surface area contributed by atoms with E-state index in [0.717, 1.165) is 35.2 Å². The Hall–Kier alpha value is -2.92. The van der Waals surface area contributed by atoms with Gasteiger partial charge in [-0.15, -0.1) is 0 Å². The van der Waals surface area contributed by atoms with E-state index in [0.29, 0.717) is 37.4 Å². The number of unbranched alkanes of at least 4 members (excludes halogenated alkanes) is 1. The number of nitrogens with one attached hydrogen (secondary N) is 1. The highest BCUT2D eigenvalue weighted by Gasteiger charge is 2.38. The number of benzene rings is 2. The Morgan fingerprint density at radius 3 is 2.40 bits per heavy atom. The van der Waals surface area contributed by atoms with Crippen LogP contribution in [0.25, 0.3) is 5.57 Å². The van der Waals surface area contributed by atoms with Gasteiger partial charge in [0.1, 0.15) is 5.70 Å². The maximum Gasteiger partial charge on any atom is 0.278 e. The quantitative estimate of drug-likeness (QED) is 0.459. The average Bonchev–Trinajstić information content (AvgIpc) is 2.97. The minimum Gasteiger partial charge on any atom is -0.381 e. The van der Waals surface area contributed by atoms with Crippen LogP contribution in [0, 0.1) is 13.8 Å². The molecule has 0 spiro atoms. The Labute approximate surface area is 178 Å². The van der Waals surface area contributed by atoms with E-state index in [4.69, 9.17) is 4.74 Å². The van der Waals surface area contributed by atoms with Gasteiger partial charge in [0.05, 0.1) is 5.57 Å². The summed E-state index contributed by atoms with van der Waals surface area (Å²) in [5.41, 5.74) is 4.45. The lowest BCUT2D eigenvalue weighted by Crippen LogP contribution is -2.34. The van der Waals surface area contributed by atoms with Gasteiger partial charge >= 0.3 is 0 Å². The van der Waals surface area contributed by atoms with Crippen molar-refractivity contribution in [1.82, 2.24) is 4.90 Å². The van der Waals surface area contributed by atoms with Crippen molar-refractivity contribution in [3.8, 4) is 0 Å². The lowest BCUT2D eigenvalue weighted by molar-refractivity contribution is -0.137. The Morgan fingerprint density at radius 1 is 0.933 bits per heavy atom. The number of carbonyl (C=O) groups excluding carboxylic acids is 2. The molecule has 158 valence electrons. The van der Waals surface area contributed by atoms with Crippen molar-refractivity contribution >= 4 is 23.1 Å². The van der Waals surface area contributed by atoms with E-state index in [1.165, 1.54) is 4.90 Å². The number of nitrogens with zero attached hydrogens (tertiary/aromatic N) is 1. The summed E-state index contributed by atoms with van der Waals surface area (Å²) in [6.07, 6.45) is 2.73. The third-order valence-electron chi connectivity index (χ3n) is 5.20. The van der Waals surface area contributed by atoms with Crippen molar-refractivity contribution in [2.45, 2.75) is 40.0 Å². The van der Waals surface area contributed by atoms with Crippen LogP contribution in [0.2, 0.25) is 0 Å². The highest BCUT2D eigenvalue weighted by atomic mass is 16.5. The topological polar surface area (TPSA) is 58.6 Å². The maximum absolute atomic E-state index is 13.2. The van der Waals surface area contributed by atoms with Crippen LogP contribution >= 0.6 is 0 Å². The molecule has 5 nitrogen and oxygen atoms in total. The normalized spacial score (nSPS) is 14.0. The molecule has 1 N–H and O–H groups in total. The monoisotopic (exact) mass is 406 g/mol. The van der Waals surface area contributed by atoms with Crippen LogP contribution in [0.1, 0.15) is 42.9 Å². The van der Waals surface area contributed by atoms with Crippen molar-refractivity contribution < 1.29 is 14.3 Å². The molecular weight excluding hydrogens is 376 g/mol. The fourth-order valence-electron chi connectivity index (χ4n) is 3.45. The van der Waals surface area contributed by atoms with Gasteiger partial charge < -0.3 is 10.1 Å². The van der Waals surface area contributed by atoms with Crippen LogP contribution in [0.5, 0.6) is 0 Å². The summed E-state index contributed by atoms with van der Waals surface area (Å²) in [4.78, 5) is 27.7. The van der Waals surface area contributed by atoms with Crippen molar-refractivity contribution in [2.75, 3.05) is 25.1 Å². The van der Waals surface area contributed by atoms with Crippen LogP contribution < -0.4 is 5.32 Å². The molecule has 1 aliphatic heterocycles. The molecule has 0 unspecified atom stereocenters. The largest absolute Gasteiger partial charge is 0.381 e. The molecule has 2 amide bonds. The van der Waals surface area contributed by atoms with Gasteiger partial charge in [0.2, 0.25) is 0 Å². The van der Waals surface area contributed by atoms with Crippen LogP contribution in [0.15, 0.2) is 54.2 Å². The maximum atomic E-state index is 13.2. The highest BCUT2D eigenvalue weighted by Crippen LogP contribution is 2.31. The molecule has 0 aromatic heterocycles. The molecular formula is C25H30N2O3. The molecule has 1 aliphatic rings. The summed E-state index contributed by atoms with van der Waals surface area (Å²) < 4.78 is 5.59. The smallest absolute Gasteiger partial charge is 0.278 e. The Balaban J connectivity index is 1.83. The number of hydrogen-bond acceptors (Lipinski definition) is 4. The first-order valence-corrected chi connectivity index (χ1v) is 10.6. The zero-order chi connectivity index (χ0) is 21.5. The van der Waals surface area contributed by atoms with E-state index >= 15 is 0 Å². The molecule has 0 atom stereocenters. The summed E-state index contributed by atoms with van der Waals surface area (Å²) in [6.45, 7) is 7.70. The summed E-state index contributed by atoms with van der Waals surface area (Å²) in [5.74, 6) is -0.541. The van der Waals surface area contributed by atoms with E-state index in [1.807, 2.05) is 62.4 Å². The van der Waals surface area contributed by atoms with Crippen LogP contribution in [0.4, 0.5) is 5.69 Å². The van der Waals surface area contributed by atoms with Gasteiger partial charge in [-0.1, -0.05) is 55.8 Å². The molecule has 0 bridgehead atoms. The molecule has 0 saturated heterocycles.